The van der Waals surface area contributed by atoms with E-state index in [0.29, 0.717) is 19.5 Å². The van der Waals surface area contributed by atoms with Gasteiger partial charge in [-0.1, -0.05) is 38.3 Å². The highest BCUT2D eigenvalue weighted by Crippen LogP contribution is 2.25. The van der Waals surface area contributed by atoms with Gasteiger partial charge in [0.15, 0.2) is 0 Å². The number of aromatic nitrogens is 1. The van der Waals surface area contributed by atoms with Crippen LogP contribution >= 0.6 is 0 Å². The van der Waals surface area contributed by atoms with E-state index < -0.39 is 0 Å². The number of benzene rings is 1. The summed E-state index contributed by atoms with van der Waals surface area (Å²) < 4.78 is 15.4. The lowest BCUT2D eigenvalue weighted by Gasteiger charge is -2.37. The molecule has 1 aliphatic rings. The van der Waals surface area contributed by atoms with Crippen LogP contribution in [0.5, 0.6) is 0 Å². The molecule has 0 atom stereocenters. The molecule has 3 rings (SSSR count). The fourth-order valence-electron chi connectivity index (χ4n) is 4.52. The maximum absolute atomic E-state index is 13.5. The Labute approximate surface area is 191 Å². The SMILES string of the molecule is CCC(=O)N(CC(=O)N(Cc1cccn1Cc1ccc(F)cc1)C1CCCCC1)C(C)C. The van der Waals surface area contributed by atoms with Gasteiger partial charge in [-0.25, -0.2) is 4.39 Å². The van der Waals surface area contributed by atoms with Crippen LogP contribution in [0.15, 0.2) is 42.6 Å². The summed E-state index contributed by atoms with van der Waals surface area (Å²) in [6.07, 6.45) is 7.89. The Morgan fingerprint density at radius 2 is 1.75 bits per heavy atom. The molecule has 2 amide bonds. The fourth-order valence-corrected chi connectivity index (χ4v) is 4.52. The summed E-state index contributed by atoms with van der Waals surface area (Å²) in [6.45, 7) is 7.02. The molecule has 0 spiro atoms. The fraction of sp³-hybridized carbons (Fsp3) is 0.538. The van der Waals surface area contributed by atoms with E-state index in [1.165, 1.54) is 18.6 Å². The number of amides is 2. The minimum atomic E-state index is -0.244. The number of carbonyl (C=O) groups is 2. The molecule has 1 aromatic carbocycles. The summed E-state index contributed by atoms with van der Waals surface area (Å²) in [7, 11) is 0. The highest BCUT2D eigenvalue weighted by molar-refractivity contribution is 5.85. The molecule has 0 saturated heterocycles. The van der Waals surface area contributed by atoms with Gasteiger partial charge in [0, 0.05) is 36.9 Å². The van der Waals surface area contributed by atoms with Crippen molar-refractivity contribution in [2.45, 2.75) is 84.5 Å². The van der Waals surface area contributed by atoms with Gasteiger partial charge < -0.3 is 14.4 Å². The summed E-state index contributed by atoms with van der Waals surface area (Å²) in [4.78, 5) is 29.6. The molecule has 2 aromatic rings. The van der Waals surface area contributed by atoms with Crippen LogP contribution in [0.3, 0.4) is 0 Å². The molecular formula is C26H36FN3O2. The summed E-state index contributed by atoms with van der Waals surface area (Å²) in [5, 5.41) is 0. The normalized spacial score (nSPS) is 14.5. The Morgan fingerprint density at radius 1 is 1.06 bits per heavy atom. The first kappa shape index (κ1) is 24.0. The van der Waals surface area contributed by atoms with E-state index in [9.17, 15) is 14.0 Å². The monoisotopic (exact) mass is 441 g/mol. The first-order valence-electron chi connectivity index (χ1n) is 11.9. The molecular weight excluding hydrogens is 405 g/mol. The zero-order chi connectivity index (χ0) is 23.1. The van der Waals surface area contributed by atoms with Crippen molar-refractivity contribution >= 4 is 11.8 Å². The maximum Gasteiger partial charge on any atom is 0.242 e. The van der Waals surface area contributed by atoms with Gasteiger partial charge >= 0.3 is 0 Å². The van der Waals surface area contributed by atoms with E-state index in [2.05, 4.69) is 4.57 Å². The summed E-state index contributed by atoms with van der Waals surface area (Å²) in [5.74, 6) is -0.217. The third-order valence-corrected chi connectivity index (χ3v) is 6.41. The predicted molar refractivity (Wildman–Crippen MR) is 124 cm³/mol. The van der Waals surface area contributed by atoms with Gasteiger partial charge in [-0.05, 0) is 56.5 Å². The summed E-state index contributed by atoms with van der Waals surface area (Å²) in [5.41, 5.74) is 2.06. The number of carbonyl (C=O) groups excluding carboxylic acids is 2. The van der Waals surface area contributed by atoms with E-state index in [4.69, 9.17) is 0 Å². The van der Waals surface area contributed by atoms with Crippen molar-refractivity contribution in [2.24, 2.45) is 0 Å². The van der Waals surface area contributed by atoms with Crippen LogP contribution in [0, 0.1) is 5.82 Å². The minimum Gasteiger partial charge on any atom is -0.345 e. The van der Waals surface area contributed by atoms with Gasteiger partial charge in [-0.15, -0.1) is 0 Å². The van der Waals surface area contributed by atoms with Crippen molar-refractivity contribution in [3.63, 3.8) is 0 Å². The topological polar surface area (TPSA) is 45.6 Å². The number of halogens is 1. The average Bonchev–Trinajstić information content (AvgIpc) is 3.23. The second-order valence-electron chi connectivity index (χ2n) is 9.04. The molecule has 1 heterocycles. The van der Waals surface area contributed by atoms with Gasteiger partial charge in [0.05, 0.1) is 13.1 Å². The van der Waals surface area contributed by atoms with Crippen molar-refractivity contribution in [1.82, 2.24) is 14.4 Å². The molecule has 1 aromatic heterocycles. The zero-order valence-corrected chi connectivity index (χ0v) is 19.6. The second kappa shape index (κ2) is 11.3. The van der Waals surface area contributed by atoms with Crippen molar-refractivity contribution in [3.05, 3.63) is 59.7 Å². The molecule has 0 unspecified atom stereocenters. The van der Waals surface area contributed by atoms with Crippen LogP contribution in [0.25, 0.3) is 0 Å². The van der Waals surface area contributed by atoms with Gasteiger partial charge in [-0.3, -0.25) is 9.59 Å². The highest BCUT2D eigenvalue weighted by atomic mass is 19.1. The predicted octanol–water partition coefficient (Wildman–Crippen LogP) is 4.98. The third-order valence-electron chi connectivity index (χ3n) is 6.41. The molecule has 1 fully saturated rings. The van der Waals surface area contributed by atoms with Crippen molar-refractivity contribution in [2.75, 3.05) is 6.54 Å². The van der Waals surface area contributed by atoms with Crippen molar-refractivity contribution < 1.29 is 14.0 Å². The lowest BCUT2D eigenvalue weighted by Crippen LogP contribution is -2.49. The van der Waals surface area contributed by atoms with Crippen molar-refractivity contribution in [3.8, 4) is 0 Å². The van der Waals surface area contributed by atoms with Gasteiger partial charge in [0.2, 0.25) is 11.8 Å². The molecule has 0 aliphatic heterocycles. The molecule has 5 nitrogen and oxygen atoms in total. The molecule has 0 radical (unpaired) electrons. The largest absolute Gasteiger partial charge is 0.345 e. The summed E-state index contributed by atoms with van der Waals surface area (Å²) >= 11 is 0. The quantitative estimate of drug-likeness (QED) is 0.551. The molecule has 0 N–H and O–H groups in total. The molecule has 0 bridgehead atoms. The molecule has 1 aliphatic carbocycles. The number of hydrogen-bond acceptors (Lipinski definition) is 2. The Balaban J connectivity index is 1.79. The van der Waals surface area contributed by atoms with Crippen LogP contribution in [0.2, 0.25) is 0 Å². The van der Waals surface area contributed by atoms with Crippen LogP contribution in [-0.2, 0) is 22.7 Å². The Kier molecular flexibility index (Phi) is 8.48. The first-order chi connectivity index (χ1) is 15.4. The van der Waals surface area contributed by atoms with Gasteiger partial charge in [0.1, 0.15) is 5.82 Å². The second-order valence-corrected chi connectivity index (χ2v) is 9.04. The lowest BCUT2D eigenvalue weighted by molar-refractivity contribution is -0.144. The Morgan fingerprint density at radius 3 is 2.38 bits per heavy atom. The molecule has 6 heteroatoms. The Bertz CT molecular complexity index is 885. The standard InChI is InChI=1S/C26H36FN3O2/c1-4-25(31)29(20(2)3)19-26(32)30(23-9-6-5-7-10-23)18-24-11-8-16-28(24)17-21-12-14-22(27)15-13-21/h8,11-16,20,23H,4-7,9-10,17-19H2,1-3H3. The zero-order valence-electron chi connectivity index (χ0n) is 19.6. The highest BCUT2D eigenvalue weighted by Gasteiger charge is 2.29. The third kappa shape index (κ3) is 6.21. The number of nitrogens with zero attached hydrogens (tertiary/aromatic N) is 3. The van der Waals surface area contributed by atoms with E-state index >= 15 is 0 Å². The lowest BCUT2D eigenvalue weighted by atomic mass is 9.94. The van der Waals surface area contributed by atoms with E-state index in [1.54, 1.807) is 17.0 Å². The van der Waals surface area contributed by atoms with E-state index in [1.807, 2.05) is 44.0 Å². The average molecular weight is 442 g/mol. The number of rotatable bonds is 9. The van der Waals surface area contributed by atoms with Gasteiger partial charge in [-0.2, -0.15) is 0 Å². The van der Waals surface area contributed by atoms with Crippen LogP contribution in [0.4, 0.5) is 4.39 Å². The molecule has 32 heavy (non-hydrogen) atoms. The van der Waals surface area contributed by atoms with Crippen LogP contribution in [0.1, 0.15) is 70.6 Å². The summed E-state index contributed by atoms with van der Waals surface area (Å²) in [6, 6.07) is 10.8. The molecule has 1 saturated carbocycles. The van der Waals surface area contributed by atoms with Crippen LogP contribution < -0.4 is 0 Å². The smallest absolute Gasteiger partial charge is 0.242 e. The number of hydrogen-bond donors (Lipinski definition) is 0. The van der Waals surface area contributed by atoms with Crippen LogP contribution in [-0.4, -0.2) is 44.8 Å². The minimum absolute atomic E-state index is 0.0108. The Hall–Kier alpha value is -2.63. The van der Waals surface area contributed by atoms with Gasteiger partial charge in [0.25, 0.3) is 0 Å². The van der Waals surface area contributed by atoms with E-state index in [0.717, 1.165) is 36.9 Å². The van der Waals surface area contributed by atoms with E-state index in [-0.39, 0.29) is 36.3 Å². The molecule has 174 valence electrons. The van der Waals surface area contributed by atoms with Crippen molar-refractivity contribution in [1.29, 1.82) is 0 Å². The maximum atomic E-state index is 13.5. The first-order valence-corrected chi connectivity index (χ1v) is 11.9.